The molecule has 7 heteroatoms. The first-order chi connectivity index (χ1) is 14.0. The first kappa shape index (κ1) is 19.9. The van der Waals surface area contributed by atoms with E-state index in [0.29, 0.717) is 10.7 Å². The summed E-state index contributed by atoms with van der Waals surface area (Å²) in [4.78, 5) is 13.0. The van der Waals surface area contributed by atoms with Crippen molar-refractivity contribution >= 4 is 28.9 Å². The number of carbonyl (C=O) groups excluding carboxylic acids is 1. The van der Waals surface area contributed by atoms with Gasteiger partial charge in [0.25, 0.3) is 5.91 Å². The van der Waals surface area contributed by atoms with E-state index < -0.39 is 0 Å². The number of carbonyl (C=O) groups is 1. The maximum Gasteiger partial charge on any atom is 0.282 e. The SMILES string of the molecule is C[C@H]1C(C(=O)NN2CCCCC2)=NN(c2ccccc2Cl)[C@H]1c1ccc(F)cc1. The van der Waals surface area contributed by atoms with Gasteiger partial charge in [0.2, 0.25) is 0 Å². The molecule has 4 rings (SSSR count). The molecule has 0 radical (unpaired) electrons. The van der Waals surface area contributed by atoms with E-state index in [-0.39, 0.29) is 23.7 Å². The molecule has 1 amide bonds. The maximum atomic E-state index is 13.5. The zero-order valence-electron chi connectivity index (χ0n) is 16.3. The molecule has 5 nitrogen and oxygen atoms in total. The molecule has 0 bridgehead atoms. The minimum atomic E-state index is -0.298. The van der Waals surface area contributed by atoms with Crippen molar-refractivity contribution in [3.63, 3.8) is 0 Å². The van der Waals surface area contributed by atoms with Gasteiger partial charge in [0, 0.05) is 19.0 Å². The minimum absolute atomic E-state index is 0.193. The largest absolute Gasteiger partial charge is 0.284 e. The number of amides is 1. The molecule has 0 spiro atoms. The fourth-order valence-electron chi connectivity index (χ4n) is 4.02. The van der Waals surface area contributed by atoms with E-state index in [2.05, 4.69) is 10.5 Å². The molecule has 0 saturated carbocycles. The molecular formula is C22H24ClFN4O. The molecule has 0 aliphatic carbocycles. The van der Waals surface area contributed by atoms with E-state index in [0.717, 1.165) is 37.2 Å². The van der Waals surface area contributed by atoms with Gasteiger partial charge in [-0.3, -0.25) is 15.2 Å². The zero-order valence-corrected chi connectivity index (χ0v) is 17.1. The van der Waals surface area contributed by atoms with Crippen molar-refractivity contribution in [2.45, 2.75) is 32.2 Å². The molecule has 2 atom stereocenters. The van der Waals surface area contributed by atoms with Crippen molar-refractivity contribution in [3.8, 4) is 0 Å². The van der Waals surface area contributed by atoms with Crippen molar-refractivity contribution in [1.29, 1.82) is 0 Å². The fourth-order valence-corrected chi connectivity index (χ4v) is 4.24. The Morgan fingerprint density at radius 3 is 2.48 bits per heavy atom. The van der Waals surface area contributed by atoms with E-state index in [9.17, 15) is 9.18 Å². The Morgan fingerprint density at radius 1 is 1.10 bits per heavy atom. The Labute approximate surface area is 175 Å². The first-order valence-corrected chi connectivity index (χ1v) is 10.4. The molecule has 2 aliphatic rings. The molecule has 1 N–H and O–H groups in total. The fraction of sp³-hybridized carbons (Fsp3) is 0.364. The van der Waals surface area contributed by atoms with Crippen LogP contribution < -0.4 is 10.4 Å². The lowest BCUT2D eigenvalue weighted by Gasteiger charge is -2.28. The molecular weight excluding hydrogens is 391 g/mol. The van der Waals surface area contributed by atoms with Crippen molar-refractivity contribution in [2.24, 2.45) is 11.0 Å². The van der Waals surface area contributed by atoms with Gasteiger partial charge in [0.05, 0.1) is 16.8 Å². The number of hydrogen-bond donors (Lipinski definition) is 1. The van der Waals surface area contributed by atoms with Crippen molar-refractivity contribution in [2.75, 3.05) is 18.1 Å². The van der Waals surface area contributed by atoms with Crippen LogP contribution in [0.15, 0.2) is 53.6 Å². The molecule has 2 aromatic rings. The predicted molar refractivity (Wildman–Crippen MR) is 113 cm³/mol. The quantitative estimate of drug-likeness (QED) is 0.798. The summed E-state index contributed by atoms with van der Waals surface area (Å²) in [6.07, 6.45) is 3.34. The number of benzene rings is 2. The molecule has 2 aliphatic heterocycles. The second-order valence-corrected chi connectivity index (χ2v) is 7.96. The second-order valence-electron chi connectivity index (χ2n) is 7.55. The molecule has 29 heavy (non-hydrogen) atoms. The molecule has 0 aromatic heterocycles. The van der Waals surface area contributed by atoms with E-state index in [1.807, 2.05) is 30.1 Å². The van der Waals surface area contributed by atoms with Gasteiger partial charge in [-0.25, -0.2) is 9.40 Å². The van der Waals surface area contributed by atoms with Gasteiger partial charge in [-0.15, -0.1) is 0 Å². The summed E-state index contributed by atoms with van der Waals surface area (Å²) < 4.78 is 13.5. The number of nitrogens with zero attached hydrogens (tertiary/aromatic N) is 3. The van der Waals surface area contributed by atoms with Crippen LogP contribution in [-0.2, 0) is 4.79 Å². The third-order valence-corrected chi connectivity index (χ3v) is 5.86. The summed E-state index contributed by atoms with van der Waals surface area (Å²) in [5.41, 5.74) is 5.05. The van der Waals surface area contributed by atoms with Crippen LogP contribution in [0.4, 0.5) is 10.1 Å². The van der Waals surface area contributed by atoms with Crippen molar-refractivity contribution in [1.82, 2.24) is 10.4 Å². The number of piperidine rings is 1. The predicted octanol–water partition coefficient (Wildman–Crippen LogP) is 4.55. The summed E-state index contributed by atoms with van der Waals surface area (Å²) in [5, 5.41) is 8.98. The molecule has 0 unspecified atom stereocenters. The molecule has 2 heterocycles. The highest BCUT2D eigenvalue weighted by molar-refractivity contribution is 6.40. The smallest absolute Gasteiger partial charge is 0.282 e. The average Bonchev–Trinajstić information content (AvgIpc) is 3.07. The van der Waals surface area contributed by atoms with Gasteiger partial charge in [0.1, 0.15) is 11.5 Å². The first-order valence-electron chi connectivity index (χ1n) is 9.98. The monoisotopic (exact) mass is 414 g/mol. The summed E-state index contributed by atoms with van der Waals surface area (Å²) >= 11 is 6.43. The second kappa shape index (κ2) is 8.51. The highest BCUT2D eigenvalue weighted by atomic mass is 35.5. The number of nitrogens with one attached hydrogen (secondary N) is 1. The Balaban J connectivity index is 1.66. The number of hydrazine groups is 1. The lowest BCUT2D eigenvalue weighted by atomic mass is 9.91. The number of rotatable bonds is 4. The van der Waals surface area contributed by atoms with Gasteiger partial charge < -0.3 is 0 Å². The lowest BCUT2D eigenvalue weighted by Crippen LogP contribution is -2.48. The van der Waals surface area contributed by atoms with E-state index in [1.54, 1.807) is 23.2 Å². The van der Waals surface area contributed by atoms with Gasteiger partial charge in [0.15, 0.2) is 0 Å². The lowest BCUT2D eigenvalue weighted by molar-refractivity contribution is -0.120. The minimum Gasteiger partial charge on any atom is -0.284 e. The highest BCUT2D eigenvalue weighted by Crippen LogP contribution is 2.41. The summed E-state index contributed by atoms with van der Waals surface area (Å²) in [6, 6.07) is 13.5. The topological polar surface area (TPSA) is 47.9 Å². The Hall–Kier alpha value is -2.44. The van der Waals surface area contributed by atoms with Crippen LogP contribution >= 0.6 is 11.6 Å². The van der Waals surface area contributed by atoms with Gasteiger partial charge >= 0.3 is 0 Å². The summed E-state index contributed by atoms with van der Waals surface area (Å²) in [6.45, 7) is 3.67. The normalized spacial score (nSPS) is 22.4. The van der Waals surface area contributed by atoms with Crippen LogP contribution in [0.3, 0.4) is 0 Å². The number of halogens is 2. The molecule has 1 fully saturated rings. The molecule has 2 aromatic carbocycles. The van der Waals surface area contributed by atoms with Crippen molar-refractivity contribution in [3.05, 3.63) is 64.9 Å². The number of anilines is 1. The highest BCUT2D eigenvalue weighted by Gasteiger charge is 2.40. The maximum absolute atomic E-state index is 13.5. The third-order valence-electron chi connectivity index (χ3n) is 5.54. The van der Waals surface area contributed by atoms with Gasteiger partial charge in [-0.05, 0) is 42.7 Å². The number of para-hydroxylation sites is 1. The number of hydrazone groups is 1. The number of hydrogen-bond acceptors (Lipinski definition) is 4. The van der Waals surface area contributed by atoms with Crippen molar-refractivity contribution < 1.29 is 9.18 Å². The Morgan fingerprint density at radius 2 is 1.79 bits per heavy atom. The summed E-state index contributed by atoms with van der Waals surface area (Å²) in [5.74, 6) is -0.685. The summed E-state index contributed by atoms with van der Waals surface area (Å²) in [7, 11) is 0. The van der Waals surface area contributed by atoms with Crippen LogP contribution in [0.5, 0.6) is 0 Å². The van der Waals surface area contributed by atoms with E-state index >= 15 is 0 Å². The van der Waals surface area contributed by atoms with Gasteiger partial charge in [-0.2, -0.15) is 5.10 Å². The van der Waals surface area contributed by atoms with Gasteiger partial charge in [-0.1, -0.05) is 49.2 Å². The van der Waals surface area contributed by atoms with Crippen LogP contribution in [0, 0.1) is 11.7 Å². The third kappa shape index (κ3) is 4.14. The Bertz CT molecular complexity index is 911. The average molecular weight is 415 g/mol. The Kier molecular flexibility index (Phi) is 5.83. The molecule has 1 saturated heterocycles. The van der Waals surface area contributed by atoms with E-state index in [1.165, 1.54) is 18.6 Å². The molecule has 152 valence electrons. The van der Waals surface area contributed by atoms with Crippen LogP contribution in [0.25, 0.3) is 0 Å². The van der Waals surface area contributed by atoms with Crippen LogP contribution in [0.1, 0.15) is 37.8 Å². The zero-order chi connectivity index (χ0) is 20.4. The van der Waals surface area contributed by atoms with Crippen LogP contribution in [-0.4, -0.2) is 29.7 Å². The van der Waals surface area contributed by atoms with E-state index in [4.69, 9.17) is 11.6 Å². The standard InChI is InChI=1S/C22H24ClFN4O/c1-15-20(22(29)26-27-13-5-2-6-14-27)25-28(19-8-4-3-7-18(19)23)21(15)16-9-11-17(24)12-10-16/h3-4,7-12,15,21H,2,5-6,13-14H2,1H3,(H,26,29)/t15-,21+/m0/s1. The van der Waals surface area contributed by atoms with Crippen LogP contribution in [0.2, 0.25) is 5.02 Å².